The monoisotopic (exact) mass is 427 g/mol. The normalized spacial score (nSPS) is 12.4. The van der Waals surface area contributed by atoms with Crippen LogP contribution in [-0.4, -0.2) is 31.2 Å². The first-order chi connectivity index (χ1) is 13.6. The summed E-state index contributed by atoms with van der Waals surface area (Å²) < 4.78 is 32.3. The highest BCUT2D eigenvalue weighted by Crippen LogP contribution is 2.29. The van der Waals surface area contributed by atoms with Crippen LogP contribution in [0.3, 0.4) is 0 Å². The fourth-order valence-electron chi connectivity index (χ4n) is 2.80. The summed E-state index contributed by atoms with van der Waals surface area (Å²) in [6.07, 6.45) is 1.29. The number of hydrogen-bond acceptors (Lipinski definition) is 5. The van der Waals surface area contributed by atoms with E-state index in [-0.39, 0.29) is 27.6 Å². The molecule has 154 valence electrons. The summed E-state index contributed by atoms with van der Waals surface area (Å²) in [5, 5.41) is 2.48. The molecule has 0 radical (unpaired) electrons. The Morgan fingerprint density at radius 3 is 2.55 bits per heavy atom. The number of anilines is 1. The van der Waals surface area contributed by atoms with Gasteiger partial charge in [-0.3, -0.25) is 18.7 Å². The summed E-state index contributed by atoms with van der Waals surface area (Å²) in [4.78, 5) is 41.2. The topological polar surface area (TPSA) is 100 Å². The van der Waals surface area contributed by atoms with Gasteiger partial charge in [0.2, 0.25) is 5.91 Å². The minimum absolute atomic E-state index is 0.0935. The van der Waals surface area contributed by atoms with Crippen LogP contribution >= 0.6 is 11.6 Å². The molecule has 0 saturated carbocycles. The number of rotatable bonds is 5. The molecule has 3 aromatic rings. The van der Waals surface area contributed by atoms with Crippen molar-refractivity contribution < 1.29 is 18.3 Å². The molecule has 0 aliphatic rings. The van der Waals surface area contributed by atoms with Crippen molar-refractivity contribution >= 4 is 34.4 Å². The van der Waals surface area contributed by atoms with Crippen LogP contribution < -0.4 is 21.3 Å². The number of fused-ring (bicyclic) bond motifs is 1. The summed E-state index contributed by atoms with van der Waals surface area (Å²) in [6, 6.07) is 2.94. The second-order valence-electron chi connectivity index (χ2n) is 6.22. The van der Waals surface area contributed by atoms with E-state index in [1.165, 1.54) is 54.7 Å². The number of aryl methyl sites for hydroxylation is 1. The van der Waals surface area contributed by atoms with Gasteiger partial charge >= 0.3 is 12.3 Å². The van der Waals surface area contributed by atoms with E-state index >= 15 is 0 Å². The summed E-state index contributed by atoms with van der Waals surface area (Å²) >= 11 is 5.88. The molecule has 0 aliphatic carbocycles. The van der Waals surface area contributed by atoms with E-state index < -0.39 is 29.8 Å². The van der Waals surface area contributed by atoms with Crippen molar-refractivity contribution in [1.29, 1.82) is 0 Å². The van der Waals surface area contributed by atoms with Gasteiger partial charge in [-0.15, -0.1) is 0 Å². The molecule has 3 rings (SSSR count). The van der Waals surface area contributed by atoms with E-state index in [2.05, 4.69) is 15.0 Å². The lowest BCUT2D eigenvalue weighted by Gasteiger charge is -2.15. The molecule has 1 aromatic carbocycles. The van der Waals surface area contributed by atoms with Gasteiger partial charge in [0.05, 0.1) is 11.3 Å². The summed E-state index contributed by atoms with van der Waals surface area (Å²) in [5.41, 5.74) is -0.633. The van der Waals surface area contributed by atoms with Crippen molar-refractivity contribution in [2.45, 2.75) is 19.6 Å². The van der Waals surface area contributed by atoms with Gasteiger partial charge in [-0.1, -0.05) is 11.6 Å². The van der Waals surface area contributed by atoms with E-state index in [0.29, 0.717) is 0 Å². The van der Waals surface area contributed by atoms with Crippen LogP contribution in [0.2, 0.25) is 5.02 Å². The third kappa shape index (κ3) is 3.73. The molecule has 2 heterocycles. The number of nitrogens with zero attached hydrogens (tertiary/aromatic N) is 4. The number of aromatic nitrogens is 4. The van der Waals surface area contributed by atoms with Crippen molar-refractivity contribution in [3.63, 3.8) is 0 Å². The number of carbonyl (C=O) groups is 1. The van der Waals surface area contributed by atoms with Crippen LogP contribution in [0.5, 0.6) is 5.75 Å². The average Bonchev–Trinajstić information content (AvgIpc) is 3.11. The maximum atomic E-state index is 12.6. The molecule has 1 amide bonds. The SMILES string of the molecule is CC(C(=O)Nc1ccc(OC(F)F)c(Cl)c1)n1cnc2c1c(=O)n(C)c(=O)n2C. The largest absolute Gasteiger partial charge is 0.433 e. The summed E-state index contributed by atoms with van der Waals surface area (Å²) in [5.74, 6) is -0.739. The molecule has 29 heavy (non-hydrogen) atoms. The quantitative estimate of drug-likeness (QED) is 0.670. The number of hydrogen-bond donors (Lipinski definition) is 1. The van der Waals surface area contributed by atoms with Gasteiger partial charge in [0.1, 0.15) is 11.8 Å². The Balaban J connectivity index is 1.91. The van der Waals surface area contributed by atoms with E-state index in [0.717, 1.165) is 4.57 Å². The summed E-state index contributed by atoms with van der Waals surface area (Å²) in [7, 11) is 2.80. The molecular weight excluding hydrogens is 412 g/mol. The predicted molar refractivity (Wildman–Crippen MR) is 102 cm³/mol. The van der Waals surface area contributed by atoms with Gasteiger partial charge in [0.15, 0.2) is 11.2 Å². The highest BCUT2D eigenvalue weighted by atomic mass is 35.5. The number of ether oxygens (including phenoxy) is 1. The predicted octanol–water partition coefficient (Wildman–Crippen LogP) is 1.89. The maximum absolute atomic E-state index is 12.6. The van der Waals surface area contributed by atoms with Gasteiger partial charge in [0.25, 0.3) is 5.56 Å². The van der Waals surface area contributed by atoms with Crippen LogP contribution in [-0.2, 0) is 18.9 Å². The number of nitrogens with one attached hydrogen (secondary N) is 1. The molecule has 1 atom stereocenters. The van der Waals surface area contributed by atoms with Gasteiger partial charge in [-0.2, -0.15) is 8.78 Å². The lowest BCUT2D eigenvalue weighted by molar-refractivity contribution is -0.118. The fourth-order valence-corrected chi connectivity index (χ4v) is 3.03. The Hall–Kier alpha value is -3.21. The van der Waals surface area contributed by atoms with Crippen LogP contribution in [0.15, 0.2) is 34.1 Å². The van der Waals surface area contributed by atoms with Crippen molar-refractivity contribution in [2.24, 2.45) is 14.1 Å². The third-order valence-electron chi connectivity index (χ3n) is 4.39. The number of amides is 1. The van der Waals surface area contributed by atoms with E-state index in [1.54, 1.807) is 0 Å². The maximum Gasteiger partial charge on any atom is 0.387 e. The van der Waals surface area contributed by atoms with Crippen LogP contribution in [0.25, 0.3) is 11.2 Å². The lowest BCUT2D eigenvalue weighted by atomic mass is 10.2. The number of benzene rings is 1. The molecule has 1 N–H and O–H groups in total. The highest BCUT2D eigenvalue weighted by molar-refractivity contribution is 6.32. The molecule has 1 unspecified atom stereocenters. The first-order valence-electron chi connectivity index (χ1n) is 8.29. The highest BCUT2D eigenvalue weighted by Gasteiger charge is 2.22. The molecule has 0 aliphatic heterocycles. The molecule has 12 heteroatoms. The van der Waals surface area contributed by atoms with Crippen molar-refractivity contribution in [1.82, 2.24) is 18.7 Å². The molecule has 0 fully saturated rings. The van der Waals surface area contributed by atoms with Crippen LogP contribution in [0.4, 0.5) is 14.5 Å². The molecule has 0 bridgehead atoms. The minimum Gasteiger partial charge on any atom is -0.433 e. The zero-order valence-electron chi connectivity index (χ0n) is 15.5. The first-order valence-corrected chi connectivity index (χ1v) is 8.67. The van der Waals surface area contributed by atoms with Gasteiger partial charge < -0.3 is 14.6 Å². The molecule has 9 nitrogen and oxygen atoms in total. The second kappa shape index (κ2) is 7.66. The van der Waals surface area contributed by atoms with Gasteiger partial charge in [-0.05, 0) is 25.1 Å². The van der Waals surface area contributed by atoms with Crippen molar-refractivity contribution in [3.05, 3.63) is 50.4 Å². The third-order valence-corrected chi connectivity index (χ3v) is 4.68. The molecule has 2 aromatic heterocycles. The first kappa shape index (κ1) is 20.5. The van der Waals surface area contributed by atoms with E-state index in [1.807, 2.05) is 0 Å². The molecule has 0 spiro atoms. The van der Waals surface area contributed by atoms with Crippen LogP contribution in [0, 0.1) is 0 Å². The average molecular weight is 428 g/mol. The molecular formula is C17H16ClF2N5O4. The number of carbonyl (C=O) groups excluding carboxylic acids is 1. The summed E-state index contributed by atoms with van der Waals surface area (Å²) in [6.45, 7) is -1.49. The Bertz CT molecular complexity index is 1220. The zero-order valence-corrected chi connectivity index (χ0v) is 16.3. The Kier molecular flexibility index (Phi) is 5.42. The minimum atomic E-state index is -3.03. The standard InChI is InChI=1S/C17H16ClF2N5O4/c1-8(14(26)22-9-4-5-11(10(18)6-9)29-16(19)20)25-7-21-13-12(25)15(27)24(3)17(28)23(13)2/h4-8,16H,1-3H3,(H,22,26). The van der Waals surface area contributed by atoms with Crippen LogP contribution in [0.1, 0.15) is 13.0 Å². The van der Waals surface area contributed by atoms with Crippen molar-refractivity contribution in [3.8, 4) is 5.75 Å². The Labute approximate surface area is 167 Å². The number of imidazole rings is 1. The molecule has 0 saturated heterocycles. The Morgan fingerprint density at radius 1 is 1.24 bits per heavy atom. The second-order valence-corrected chi connectivity index (χ2v) is 6.63. The lowest BCUT2D eigenvalue weighted by Crippen LogP contribution is -2.38. The van der Waals surface area contributed by atoms with Crippen molar-refractivity contribution in [2.75, 3.05) is 5.32 Å². The van der Waals surface area contributed by atoms with Gasteiger partial charge in [0, 0.05) is 19.8 Å². The van der Waals surface area contributed by atoms with E-state index in [4.69, 9.17) is 11.6 Å². The van der Waals surface area contributed by atoms with Gasteiger partial charge in [-0.25, -0.2) is 9.78 Å². The Morgan fingerprint density at radius 2 is 1.93 bits per heavy atom. The fraction of sp³-hybridized carbons (Fsp3) is 0.294. The number of alkyl halides is 2. The smallest absolute Gasteiger partial charge is 0.387 e. The number of halogens is 3. The zero-order chi connectivity index (χ0) is 21.5. The van der Waals surface area contributed by atoms with E-state index in [9.17, 15) is 23.2 Å².